The summed E-state index contributed by atoms with van der Waals surface area (Å²) in [5.41, 5.74) is -1.26. The lowest BCUT2D eigenvalue weighted by molar-refractivity contribution is -0.156. The molecule has 4 aliphatic rings. The molecule has 1 N–H and O–H groups in total. The van der Waals surface area contributed by atoms with Crippen molar-refractivity contribution in [3.05, 3.63) is 24.3 Å². The van der Waals surface area contributed by atoms with Crippen LogP contribution in [0.1, 0.15) is 58.8 Å². The lowest BCUT2D eigenvalue weighted by atomic mass is 9.78. The fourth-order valence-electron chi connectivity index (χ4n) is 5.96. The van der Waals surface area contributed by atoms with Gasteiger partial charge < -0.3 is 24.4 Å². The van der Waals surface area contributed by atoms with Crippen LogP contribution in [0.5, 0.6) is 0 Å². The zero-order valence-electron chi connectivity index (χ0n) is 20.4. The third kappa shape index (κ3) is 4.19. The lowest BCUT2D eigenvalue weighted by Crippen LogP contribution is -2.58. The highest BCUT2D eigenvalue weighted by atomic mass is 16.6. The van der Waals surface area contributed by atoms with Crippen molar-refractivity contribution < 1.29 is 29.0 Å². The van der Waals surface area contributed by atoms with Crippen molar-refractivity contribution in [1.29, 1.82) is 0 Å². The van der Waals surface area contributed by atoms with Gasteiger partial charge >= 0.3 is 5.97 Å². The first-order valence-electron chi connectivity index (χ1n) is 12.9. The smallest absolute Gasteiger partial charge is 0.312 e. The molecule has 188 valence electrons. The quantitative estimate of drug-likeness (QED) is 0.345. The Kier molecular flexibility index (Phi) is 7.77. The summed E-state index contributed by atoms with van der Waals surface area (Å²) >= 11 is 0. The summed E-state index contributed by atoms with van der Waals surface area (Å²) in [4.78, 5) is 44.5. The summed E-state index contributed by atoms with van der Waals surface area (Å²) in [6, 6.07) is -1.44. The minimum Gasteiger partial charge on any atom is -0.465 e. The highest BCUT2D eigenvalue weighted by molar-refractivity contribution is 5.99. The number of esters is 1. The summed E-state index contributed by atoms with van der Waals surface area (Å²) in [5.74, 6) is -2.63. The Morgan fingerprint density at radius 2 is 1.97 bits per heavy atom. The Morgan fingerprint density at radius 1 is 1.15 bits per heavy atom. The van der Waals surface area contributed by atoms with Crippen LogP contribution in [0.25, 0.3) is 0 Å². The number of amides is 2. The number of nitrogens with zero attached hydrogens (tertiary/aromatic N) is 2. The molecule has 2 amide bonds. The summed E-state index contributed by atoms with van der Waals surface area (Å²) in [5, 5.41) is 10.1. The van der Waals surface area contributed by atoms with Crippen LogP contribution < -0.4 is 0 Å². The van der Waals surface area contributed by atoms with E-state index in [0.29, 0.717) is 26.1 Å². The molecule has 4 rings (SSSR count). The van der Waals surface area contributed by atoms with Gasteiger partial charge in [0, 0.05) is 13.1 Å². The average Bonchev–Trinajstić information content (AvgIpc) is 3.22. The Labute approximate surface area is 201 Å². The molecule has 0 aromatic heterocycles. The van der Waals surface area contributed by atoms with Crippen molar-refractivity contribution in [2.75, 3.05) is 26.3 Å². The molecule has 0 aliphatic carbocycles. The van der Waals surface area contributed by atoms with Crippen LogP contribution in [0.4, 0.5) is 0 Å². The van der Waals surface area contributed by atoms with Crippen molar-refractivity contribution in [3.8, 4) is 0 Å². The highest BCUT2D eigenvalue weighted by Crippen LogP contribution is 2.53. The summed E-state index contributed by atoms with van der Waals surface area (Å²) in [7, 11) is 0. The molecule has 0 aromatic rings. The molecule has 8 nitrogen and oxygen atoms in total. The van der Waals surface area contributed by atoms with Crippen molar-refractivity contribution in [2.45, 2.75) is 82.6 Å². The number of likely N-dealkylation sites (tertiary alicyclic amines) is 1. The molecule has 8 heteroatoms. The zero-order valence-corrected chi connectivity index (χ0v) is 20.4. The third-order valence-corrected chi connectivity index (χ3v) is 7.73. The van der Waals surface area contributed by atoms with Gasteiger partial charge in [-0.3, -0.25) is 14.4 Å². The van der Waals surface area contributed by atoms with E-state index in [-0.39, 0.29) is 18.4 Å². The second-order valence-electron chi connectivity index (χ2n) is 9.82. The van der Waals surface area contributed by atoms with Gasteiger partial charge in [0.1, 0.15) is 17.6 Å². The van der Waals surface area contributed by atoms with Gasteiger partial charge in [0.25, 0.3) is 0 Å². The highest BCUT2D eigenvalue weighted by Gasteiger charge is 2.72. The number of hydrogen-bond donors (Lipinski definition) is 1. The third-order valence-electron chi connectivity index (χ3n) is 7.73. The van der Waals surface area contributed by atoms with Gasteiger partial charge in [-0.15, -0.1) is 0 Å². The molecule has 0 saturated carbocycles. The van der Waals surface area contributed by atoms with E-state index in [2.05, 4.69) is 6.92 Å². The van der Waals surface area contributed by atoms with Gasteiger partial charge in [0.05, 0.1) is 31.3 Å². The van der Waals surface area contributed by atoms with E-state index < -0.39 is 41.6 Å². The molecule has 4 aliphatic heterocycles. The van der Waals surface area contributed by atoms with Crippen LogP contribution in [0, 0.1) is 11.8 Å². The fraction of sp³-hybridized carbons (Fsp3) is 0.731. The number of unbranched alkanes of at least 4 members (excludes halogenated alkanes) is 2. The molecule has 0 radical (unpaired) electrons. The Bertz CT molecular complexity index is 837. The maximum atomic E-state index is 14.0. The number of hydrogen-bond acceptors (Lipinski definition) is 6. The second kappa shape index (κ2) is 10.6. The number of carbonyl (C=O) groups is 3. The number of ether oxygens (including phenoxy) is 2. The topological polar surface area (TPSA) is 96.4 Å². The van der Waals surface area contributed by atoms with Gasteiger partial charge in [-0.05, 0) is 32.1 Å². The first-order chi connectivity index (χ1) is 16.5. The lowest BCUT2D eigenvalue weighted by Gasteiger charge is -2.38. The van der Waals surface area contributed by atoms with Crippen LogP contribution in [0.2, 0.25) is 0 Å². The van der Waals surface area contributed by atoms with E-state index in [0.717, 1.165) is 38.5 Å². The average molecular weight is 475 g/mol. The monoisotopic (exact) mass is 474 g/mol. The number of fused-ring (bicyclic) bond motifs is 2. The molecular weight excluding hydrogens is 436 g/mol. The standard InChI is InChI=1S/C26H38N2O6/c1-3-5-9-14-27-15-11-13-26-21(23(30)28(18(4-2)17-29)22(26)24(27)31)20-19(34-26)12-8-6-7-10-16-33-25(20)32/h8,11-13,18-22,29H,3-7,9-10,14-17H2,1-2H3/b12-8-/t18-,19+,20-,21-,22?,26-/m0/s1. The van der Waals surface area contributed by atoms with Crippen molar-refractivity contribution in [2.24, 2.45) is 11.8 Å². The number of aliphatic hydroxyl groups is 1. The van der Waals surface area contributed by atoms with Crippen molar-refractivity contribution >= 4 is 17.8 Å². The molecule has 2 saturated heterocycles. The number of carbonyl (C=O) groups excluding carboxylic acids is 3. The SMILES string of the molecule is CCCCCN1CC=C[C@]23O[C@@H]4/C=C\CCCCOC(=O)[C@@H]4[C@H]2C(=O)N([C@@H](CC)CO)C3C1=O. The van der Waals surface area contributed by atoms with E-state index in [1.165, 1.54) is 4.90 Å². The van der Waals surface area contributed by atoms with E-state index in [4.69, 9.17) is 9.47 Å². The van der Waals surface area contributed by atoms with Gasteiger partial charge in [0.2, 0.25) is 11.8 Å². The van der Waals surface area contributed by atoms with E-state index >= 15 is 0 Å². The Hall–Kier alpha value is -2.19. The molecule has 6 atom stereocenters. The summed E-state index contributed by atoms with van der Waals surface area (Å²) in [6.07, 6.45) is 12.9. The molecule has 1 spiro atoms. The largest absolute Gasteiger partial charge is 0.465 e. The molecule has 4 heterocycles. The van der Waals surface area contributed by atoms with Gasteiger partial charge in [0.15, 0.2) is 0 Å². The van der Waals surface area contributed by atoms with Crippen LogP contribution in [-0.4, -0.2) is 82.8 Å². The predicted molar refractivity (Wildman–Crippen MR) is 126 cm³/mol. The number of aliphatic hydroxyl groups excluding tert-OH is 1. The van der Waals surface area contributed by atoms with Crippen LogP contribution in [0.3, 0.4) is 0 Å². The maximum Gasteiger partial charge on any atom is 0.312 e. The van der Waals surface area contributed by atoms with Crippen LogP contribution >= 0.6 is 0 Å². The van der Waals surface area contributed by atoms with E-state index in [9.17, 15) is 19.5 Å². The zero-order chi connectivity index (χ0) is 24.3. The molecule has 34 heavy (non-hydrogen) atoms. The minimum absolute atomic E-state index is 0.176. The van der Waals surface area contributed by atoms with Crippen molar-refractivity contribution in [3.63, 3.8) is 0 Å². The minimum atomic E-state index is -1.26. The van der Waals surface area contributed by atoms with Gasteiger partial charge in [-0.1, -0.05) is 51.0 Å². The summed E-state index contributed by atoms with van der Waals surface area (Å²) in [6.45, 7) is 5.09. The molecule has 2 fully saturated rings. The predicted octanol–water partition coefficient (Wildman–Crippen LogP) is 2.21. The fourth-order valence-corrected chi connectivity index (χ4v) is 5.96. The van der Waals surface area contributed by atoms with E-state index in [1.54, 1.807) is 4.90 Å². The number of cyclic esters (lactones) is 1. The van der Waals surface area contributed by atoms with Gasteiger partial charge in [-0.2, -0.15) is 0 Å². The van der Waals surface area contributed by atoms with Crippen LogP contribution in [-0.2, 0) is 23.9 Å². The number of allylic oxidation sites excluding steroid dienone is 1. The van der Waals surface area contributed by atoms with E-state index in [1.807, 2.05) is 31.2 Å². The van der Waals surface area contributed by atoms with Crippen molar-refractivity contribution in [1.82, 2.24) is 9.80 Å². The first kappa shape index (κ1) is 24.9. The second-order valence-corrected chi connectivity index (χ2v) is 9.82. The van der Waals surface area contributed by atoms with Crippen LogP contribution in [0.15, 0.2) is 24.3 Å². The number of rotatable bonds is 7. The first-order valence-corrected chi connectivity index (χ1v) is 12.9. The maximum absolute atomic E-state index is 14.0. The molecule has 0 aromatic carbocycles. The Balaban J connectivity index is 1.78. The molecular formula is C26H38N2O6. The Morgan fingerprint density at radius 3 is 2.71 bits per heavy atom. The summed E-state index contributed by atoms with van der Waals surface area (Å²) < 4.78 is 12.1. The molecule has 1 unspecified atom stereocenters. The van der Waals surface area contributed by atoms with Gasteiger partial charge in [-0.25, -0.2) is 0 Å². The molecule has 0 bridgehead atoms. The normalized spacial score (nSPS) is 35.3.